The fraction of sp³-hybridized carbons (Fsp3) is 0.200. The van der Waals surface area contributed by atoms with Gasteiger partial charge in [0, 0.05) is 30.8 Å². The molecule has 0 saturated carbocycles. The van der Waals surface area contributed by atoms with Gasteiger partial charge in [-0.15, -0.1) is 0 Å². The van der Waals surface area contributed by atoms with Gasteiger partial charge < -0.3 is 14.8 Å². The number of aromatic nitrogens is 2. The van der Waals surface area contributed by atoms with E-state index >= 15 is 0 Å². The van der Waals surface area contributed by atoms with Crippen LogP contribution in [-0.2, 0) is 0 Å². The van der Waals surface area contributed by atoms with Gasteiger partial charge in [-0.25, -0.2) is 0 Å². The molecule has 2 aromatic heterocycles. The first-order chi connectivity index (χ1) is 12.3. The molecular formula is C20H20N4S. The maximum absolute atomic E-state index is 5.57. The molecule has 1 saturated heterocycles. The van der Waals surface area contributed by atoms with Crippen molar-refractivity contribution in [2.75, 3.05) is 6.54 Å². The number of pyridine rings is 1. The molecule has 0 amide bonds. The SMILES string of the molecule is CCN1C(=S)N[C@H](c2ccccn2)[C@@H]1c1ccn(-c2ccccc2)c1. The molecule has 3 aromatic rings. The van der Waals surface area contributed by atoms with Gasteiger partial charge in [0.2, 0.25) is 0 Å². The van der Waals surface area contributed by atoms with Crippen LogP contribution in [0.15, 0.2) is 73.2 Å². The minimum Gasteiger partial charge on any atom is -0.352 e. The minimum absolute atomic E-state index is 0.0558. The fourth-order valence-electron chi connectivity index (χ4n) is 3.46. The van der Waals surface area contributed by atoms with Crippen LogP contribution in [0.25, 0.3) is 5.69 Å². The molecule has 126 valence electrons. The van der Waals surface area contributed by atoms with E-state index in [1.165, 1.54) is 5.56 Å². The van der Waals surface area contributed by atoms with Crippen molar-refractivity contribution < 1.29 is 0 Å². The molecule has 1 aliphatic rings. The van der Waals surface area contributed by atoms with E-state index in [2.05, 4.69) is 75.5 Å². The Labute approximate surface area is 153 Å². The highest BCUT2D eigenvalue weighted by molar-refractivity contribution is 7.80. The van der Waals surface area contributed by atoms with Crippen molar-refractivity contribution in [3.05, 3.63) is 84.4 Å². The Morgan fingerprint density at radius 1 is 1.08 bits per heavy atom. The van der Waals surface area contributed by atoms with Gasteiger partial charge in [0.1, 0.15) is 0 Å². The number of nitrogens with one attached hydrogen (secondary N) is 1. The lowest BCUT2D eigenvalue weighted by Gasteiger charge is -2.25. The predicted octanol–water partition coefficient (Wildman–Crippen LogP) is 3.86. The summed E-state index contributed by atoms with van der Waals surface area (Å²) in [6.07, 6.45) is 6.13. The Morgan fingerprint density at radius 2 is 1.88 bits per heavy atom. The first-order valence-corrected chi connectivity index (χ1v) is 8.90. The second-order valence-electron chi connectivity index (χ2n) is 6.10. The fourth-order valence-corrected chi connectivity index (χ4v) is 3.83. The van der Waals surface area contributed by atoms with Crippen molar-refractivity contribution in [2.45, 2.75) is 19.0 Å². The maximum Gasteiger partial charge on any atom is 0.170 e. The monoisotopic (exact) mass is 348 g/mol. The van der Waals surface area contributed by atoms with Crippen molar-refractivity contribution >= 4 is 17.3 Å². The first kappa shape index (κ1) is 15.8. The van der Waals surface area contributed by atoms with Gasteiger partial charge in [-0.05, 0) is 55.0 Å². The summed E-state index contributed by atoms with van der Waals surface area (Å²) in [6, 6.07) is 18.7. The predicted molar refractivity (Wildman–Crippen MR) is 104 cm³/mol. The van der Waals surface area contributed by atoms with E-state index in [4.69, 9.17) is 12.2 Å². The topological polar surface area (TPSA) is 33.1 Å². The Balaban J connectivity index is 1.73. The zero-order valence-corrected chi connectivity index (χ0v) is 14.9. The molecule has 4 nitrogen and oxygen atoms in total. The lowest BCUT2D eigenvalue weighted by Crippen LogP contribution is -2.29. The first-order valence-electron chi connectivity index (χ1n) is 8.49. The summed E-state index contributed by atoms with van der Waals surface area (Å²) in [5, 5.41) is 4.24. The zero-order chi connectivity index (χ0) is 17.2. The quantitative estimate of drug-likeness (QED) is 0.726. The molecule has 2 atom stereocenters. The van der Waals surface area contributed by atoms with Crippen LogP contribution in [0.4, 0.5) is 0 Å². The van der Waals surface area contributed by atoms with Crippen LogP contribution >= 0.6 is 12.2 Å². The number of para-hydroxylation sites is 1. The molecule has 1 N–H and O–H groups in total. The van der Waals surface area contributed by atoms with E-state index in [0.29, 0.717) is 0 Å². The lowest BCUT2D eigenvalue weighted by molar-refractivity contribution is 0.331. The van der Waals surface area contributed by atoms with Gasteiger partial charge in [-0.2, -0.15) is 0 Å². The summed E-state index contributed by atoms with van der Waals surface area (Å²) >= 11 is 5.57. The van der Waals surface area contributed by atoms with Crippen molar-refractivity contribution in [1.82, 2.24) is 19.8 Å². The molecule has 1 fully saturated rings. The molecule has 1 aliphatic heterocycles. The molecule has 25 heavy (non-hydrogen) atoms. The standard InChI is InChI=1S/C20H20N4S/c1-2-24-19(18(22-20(24)25)17-10-6-7-12-21-17)15-11-13-23(14-15)16-8-4-3-5-9-16/h3-14,18-19H,2H2,1H3,(H,22,25)/t18-,19+/m1/s1. The normalized spacial score (nSPS) is 19.9. The maximum atomic E-state index is 5.57. The van der Waals surface area contributed by atoms with Crippen molar-refractivity contribution in [3.8, 4) is 5.69 Å². The highest BCUT2D eigenvalue weighted by Gasteiger charge is 2.39. The Morgan fingerprint density at radius 3 is 2.60 bits per heavy atom. The molecule has 5 heteroatoms. The van der Waals surface area contributed by atoms with E-state index < -0.39 is 0 Å². The summed E-state index contributed by atoms with van der Waals surface area (Å²) in [7, 11) is 0. The van der Waals surface area contributed by atoms with Crippen LogP contribution in [-0.4, -0.2) is 26.1 Å². The smallest absolute Gasteiger partial charge is 0.170 e. The van der Waals surface area contributed by atoms with E-state index in [-0.39, 0.29) is 12.1 Å². The van der Waals surface area contributed by atoms with Crippen LogP contribution in [0.1, 0.15) is 30.3 Å². The molecular weight excluding hydrogens is 328 g/mol. The third-order valence-corrected chi connectivity index (χ3v) is 5.00. The second-order valence-corrected chi connectivity index (χ2v) is 6.49. The van der Waals surface area contributed by atoms with Gasteiger partial charge in [0.25, 0.3) is 0 Å². The summed E-state index contributed by atoms with van der Waals surface area (Å²) in [6.45, 7) is 2.99. The summed E-state index contributed by atoms with van der Waals surface area (Å²) in [5.74, 6) is 0. The molecule has 0 radical (unpaired) electrons. The molecule has 0 bridgehead atoms. The van der Waals surface area contributed by atoms with Gasteiger partial charge in [-0.3, -0.25) is 4.98 Å². The number of hydrogen-bond acceptors (Lipinski definition) is 2. The minimum atomic E-state index is 0.0558. The van der Waals surface area contributed by atoms with Crippen LogP contribution < -0.4 is 5.32 Å². The number of nitrogens with zero attached hydrogens (tertiary/aromatic N) is 3. The van der Waals surface area contributed by atoms with Gasteiger partial charge in [0.05, 0.1) is 17.8 Å². The molecule has 1 aromatic carbocycles. The van der Waals surface area contributed by atoms with E-state index in [1.54, 1.807) is 0 Å². The molecule has 0 aliphatic carbocycles. The van der Waals surface area contributed by atoms with Crippen LogP contribution in [0.2, 0.25) is 0 Å². The van der Waals surface area contributed by atoms with Crippen LogP contribution in [0, 0.1) is 0 Å². The number of rotatable bonds is 4. The lowest BCUT2D eigenvalue weighted by atomic mass is 9.99. The summed E-state index contributed by atoms with van der Waals surface area (Å²) < 4.78 is 2.15. The second kappa shape index (κ2) is 6.69. The Hall–Kier alpha value is -2.66. The largest absolute Gasteiger partial charge is 0.352 e. The summed E-state index contributed by atoms with van der Waals surface area (Å²) in [5.41, 5.74) is 3.40. The zero-order valence-electron chi connectivity index (χ0n) is 14.0. The van der Waals surface area contributed by atoms with Gasteiger partial charge in [-0.1, -0.05) is 24.3 Å². The van der Waals surface area contributed by atoms with Crippen LogP contribution in [0.3, 0.4) is 0 Å². The average molecular weight is 348 g/mol. The molecule has 3 heterocycles. The van der Waals surface area contributed by atoms with Crippen LogP contribution in [0.5, 0.6) is 0 Å². The number of thiocarbonyl (C=S) groups is 1. The van der Waals surface area contributed by atoms with Crippen molar-refractivity contribution in [2.24, 2.45) is 0 Å². The summed E-state index contributed by atoms with van der Waals surface area (Å²) in [4.78, 5) is 6.78. The Kier molecular flexibility index (Phi) is 4.24. The molecule has 0 spiro atoms. The van der Waals surface area contributed by atoms with Gasteiger partial charge in [0.15, 0.2) is 5.11 Å². The van der Waals surface area contributed by atoms with Crippen molar-refractivity contribution in [3.63, 3.8) is 0 Å². The average Bonchev–Trinajstić information content (AvgIpc) is 3.27. The number of likely N-dealkylation sites (N-methyl/N-ethyl adjacent to an activating group) is 1. The Bertz CT molecular complexity index is 860. The molecule has 4 rings (SSSR count). The van der Waals surface area contributed by atoms with E-state index in [1.807, 2.05) is 24.4 Å². The number of hydrogen-bond donors (Lipinski definition) is 1. The third kappa shape index (κ3) is 2.91. The number of benzene rings is 1. The highest BCUT2D eigenvalue weighted by Crippen LogP contribution is 2.38. The van der Waals surface area contributed by atoms with E-state index in [9.17, 15) is 0 Å². The highest BCUT2D eigenvalue weighted by atomic mass is 32.1. The molecule has 0 unspecified atom stereocenters. The van der Waals surface area contributed by atoms with Gasteiger partial charge >= 0.3 is 0 Å². The van der Waals surface area contributed by atoms with Crippen molar-refractivity contribution in [1.29, 1.82) is 0 Å². The third-order valence-electron chi connectivity index (χ3n) is 4.65. The van der Waals surface area contributed by atoms with E-state index in [0.717, 1.165) is 23.0 Å².